The van der Waals surface area contributed by atoms with Crippen molar-refractivity contribution < 1.29 is 9.53 Å². The molecule has 2 aromatic rings. The van der Waals surface area contributed by atoms with E-state index in [1.165, 1.54) is 16.9 Å². The summed E-state index contributed by atoms with van der Waals surface area (Å²) < 4.78 is 5.70. The van der Waals surface area contributed by atoms with Gasteiger partial charge in [-0.2, -0.15) is 0 Å². The van der Waals surface area contributed by atoms with Crippen LogP contribution in [0.3, 0.4) is 0 Å². The predicted molar refractivity (Wildman–Crippen MR) is 82.9 cm³/mol. The third-order valence-corrected chi connectivity index (χ3v) is 4.47. The van der Waals surface area contributed by atoms with Crippen LogP contribution in [0, 0.1) is 13.8 Å². The molecular formula is C16H18N2O2S. The van der Waals surface area contributed by atoms with Crippen LogP contribution in [0.25, 0.3) is 0 Å². The van der Waals surface area contributed by atoms with Crippen LogP contribution in [-0.4, -0.2) is 16.9 Å². The lowest BCUT2D eigenvalue weighted by Gasteiger charge is -2.03. The Morgan fingerprint density at radius 1 is 1.33 bits per heavy atom. The van der Waals surface area contributed by atoms with E-state index in [0.29, 0.717) is 17.5 Å². The van der Waals surface area contributed by atoms with Gasteiger partial charge in [-0.05, 0) is 38.8 Å². The van der Waals surface area contributed by atoms with Gasteiger partial charge in [0.05, 0.1) is 5.69 Å². The molecule has 1 aliphatic rings. The lowest BCUT2D eigenvalue weighted by molar-refractivity contribution is 0.0954. The Morgan fingerprint density at radius 2 is 2.05 bits per heavy atom. The molecule has 3 rings (SSSR count). The number of nitrogens with one attached hydrogen (secondary N) is 1. The van der Waals surface area contributed by atoms with Gasteiger partial charge in [0.1, 0.15) is 22.2 Å². The van der Waals surface area contributed by atoms with E-state index in [-0.39, 0.29) is 5.91 Å². The second-order valence-electron chi connectivity index (χ2n) is 5.37. The van der Waals surface area contributed by atoms with Crippen molar-refractivity contribution in [1.29, 1.82) is 0 Å². The second kappa shape index (κ2) is 5.85. The maximum absolute atomic E-state index is 12.1. The summed E-state index contributed by atoms with van der Waals surface area (Å²) in [6.45, 7) is 4.30. The van der Waals surface area contributed by atoms with E-state index in [9.17, 15) is 4.79 Å². The number of ether oxygens (including phenoxy) is 1. The number of rotatable bonds is 5. The van der Waals surface area contributed by atoms with Crippen molar-refractivity contribution in [2.45, 2.75) is 39.3 Å². The fourth-order valence-electron chi connectivity index (χ4n) is 1.98. The highest BCUT2D eigenvalue weighted by molar-refractivity contribution is 7.13. The quantitative estimate of drug-likeness (QED) is 0.922. The molecule has 1 aromatic heterocycles. The SMILES string of the molecule is Cc1ccc(OCc2nc(C)c(C(=O)NC3CC3)s2)cc1. The van der Waals surface area contributed by atoms with Crippen LogP contribution in [0.15, 0.2) is 24.3 Å². The van der Waals surface area contributed by atoms with Crippen molar-refractivity contribution >= 4 is 17.2 Å². The second-order valence-corrected chi connectivity index (χ2v) is 6.46. The lowest BCUT2D eigenvalue weighted by Crippen LogP contribution is -2.25. The number of nitrogens with zero attached hydrogens (tertiary/aromatic N) is 1. The number of amides is 1. The molecule has 1 aliphatic carbocycles. The van der Waals surface area contributed by atoms with Crippen molar-refractivity contribution in [2.75, 3.05) is 0 Å². The van der Waals surface area contributed by atoms with Crippen LogP contribution in [0.5, 0.6) is 5.75 Å². The van der Waals surface area contributed by atoms with Gasteiger partial charge in [0, 0.05) is 6.04 Å². The highest BCUT2D eigenvalue weighted by atomic mass is 32.1. The summed E-state index contributed by atoms with van der Waals surface area (Å²) in [6, 6.07) is 8.27. The van der Waals surface area contributed by atoms with Crippen LogP contribution in [0.1, 0.15) is 38.8 Å². The number of hydrogen-bond acceptors (Lipinski definition) is 4. The zero-order valence-electron chi connectivity index (χ0n) is 12.2. The van der Waals surface area contributed by atoms with Crippen molar-refractivity contribution in [1.82, 2.24) is 10.3 Å². The molecule has 1 fully saturated rings. The first-order valence-electron chi connectivity index (χ1n) is 7.08. The van der Waals surface area contributed by atoms with E-state index in [2.05, 4.69) is 10.3 Å². The van der Waals surface area contributed by atoms with Crippen molar-refractivity contribution in [3.8, 4) is 5.75 Å². The topological polar surface area (TPSA) is 51.2 Å². The largest absolute Gasteiger partial charge is 0.486 e. The number of aryl methyl sites for hydroxylation is 2. The van der Waals surface area contributed by atoms with E-state index >= 15 is 0 Å². The maximum Gasteiger partial charge on any atom is 0.263 e. The van der Waals surface area contributed by atoms with Crippen LogP contribution in [0.2, 0.25) is 0 Å². The van der Waals surface area contributed by atoms with Gasteiger partial charge in [-0.25, -0.2) is 4.98 Å². The summed E-state index contributed by atoms with van der Waals surface area (Å²) in [4.78, 5) is 17.2. The molecule has 1 amide bonds. The van der Waals surface area contributed by atoms with Gasteiger partial charge in [-0.15, -0.1) is 11.3 Å². The molecule has 1 heterocycles. The van der Waals surface area contributed by atoms with Gasteiger partial charge < -0.3 is 10.1 Å². The number of benzene rings is 1. The number of thiazole rings is 1. The normalized spacial score (nSPS) is 14.0. The average molecular weight is 302 g/mol. The third kappa shape index (κ3) is 3.61. The zero-order valence-corrected chi connectivity index (χ0v) is 13.0. The Kier molecular flexibility index (Phi) is 3.92. The van der Waals surface area contributed by atoms with E-state index in [4.69, 9.17) is 4.74 Å². The van der Waals surface area contributed by atoms with Crippen LogP contribution < -0.4 is 10.1 Å². The smallest absolute Gasteiger partial charge is 0.263 e. The Hall–Kier alpha value is -1.88. The Balaban J connectivity index is 1.63. The number of hydrogen-bond donors (Lipinski definition) is 1. The fraction of sp³-hybridized carbons (Fsp3) is 0.375. The van der Waals surface area contributed by atoms with Gasteiger partial charge in [0.2, 0.25) is 0 Å². The summed E-state index contributed by atoms with van der Waals surface area (Å²) >= 11 is 1.41. The molecule has 0 radical (unpaired) electrons. The molecule has 0 atom stereocenters. The average Bonchev–Trinajstić information content (AvgIpc) is 3.19. The highest BCUT2D eigenvalue weighted by Gasteiger charge is 2.25. The van der Waals surface area contributed by atoms with E-state index in [1.807, 2.05) is 38.1 Å². The molecule has 0 saturated heterocycles. The van der Waals surface area contributed by atoms with E-state index < -0.39 is 0 Å². The Bertz CT molecular complexity index is 645. The third-order valence-electron chi connectivity index (χ3n) is 3.34. The molecule has 1 saturated carbocycles. The predicted octanol–water partition coefficient (Wildman–Crippen LogP) is 3.23. The van der Waals surface area contributed by atoms with Gasteiger partial charge >= 0.3 is 0 Å². The minimum absolute atomic E-state index is 0.00548. The molecule has 21 heavy (non-hydrogen) atoms. The molecule has 5 heteroatoms. The molecule has 0 unspecified atom stereocenters. The van der Waals surface area contributed by atoms with Crippen LogP contribution >= 0.6 is 11.3 Å². The Morgan fingerprint density at radius 3 is 2.71 bits per heavy atom. The van der Waals surface area contributed by atoms with E-state index in [0.717, 1.165) is 29.3 Å². The van der Waals surface area contributed by atoms with Gasteiger partial charge in [-0.3, -0.25) is 4.79 Å². The monoisotopic (exact) mass is 302 g/mol. The molecule has 4 nitrogen and oxygen atoms in total. The lowest BCUT2D eigenvalue weighted by atomic mass is 10.2. The highest BCUT2D eigenvalue weighted by Crippen LogP contribution is 2.23. The van der Waals surface area contributed by atoms with Crippen molar-refractivity contribution in [3.63, 3.8) is 0 Å². The van der Waals surface area contributed by atoms with Crippen molar-refractivity contribution in [3.05, 3.63) is 45.4 Å². The molecule has 1 N–H and O–H groups in total. The molecule has 0 spiro atoms. The van der Waals surface area contributed by atoms with E-state index in [1.54, 1.807) is 0 Å². The minimum atomic E-state index is -0.00548. The number of carbonyl (C=O) groups excluding carboxylic acids is 1. The van der Waals surface area contributed by atoms with Gasteiger partial charge in [-0.1, -0.05) is 17.7 Å². The zero-order chi connectivity index (χ0) is 14.8. The first-order valence-corrected chi connectivity index (χ1v) is 7.90. The summed E-state index contributed by atoms with van der Waals surface area (Å²) in [5, 5.41) is 3.82. The maximum atomic E-state index is 12.1. The molecule has 0 aliphatic heterocycles. The Labute approximate surface area is 128 Å². The molecular weight excluding hydrogens is 284 g/mol. The van der Waals surface area contributed by atoms with Crippen LogP contribution in [0.4, 0.5) is 0 Å². The fourth-order valence-corrected chi connectivity index (χ4v) is 2.86. The summed E-state index contributed by atoms with van der Waals surface area (Å²) in [7, 11) is 0. The first-order chi connectivity index (χ1) is 10.1. The molecule has 1 aromatic carbocycles. The first kappa shape index (κ1) is 14.1. The van der Waals surface area contributed by atoms with Crippen LogP contribution in [-0.2, 0) is 6.61 Å². The summed E-state index contributed by atoms with van der Waals surface area (Å²) in [6.07, 6.45) is 2.18. The standard InChI is InChI=1S/C16H18N2O2S/c1-10-3-7-13(8-4-10)20-9-14-17-11(2)15(21-14)16(19)18-12-5-6-12/h3-4,7-8,12H,5-6,9H2,1-2H3,(H,18,19). The summed E-state index contributed by atoms with van der Waals surface area (Å²) in [5.74, 6) is 0.812. The molecule has 0 bridgehead atoms. The minimum Gasteiger partial charge on any atom is -0.486 e. The number of aromatic nitrogens is 1. The van der Waals surface area contributed by atoms with Gasteiger partial charge in [0.15, 0.2) is 0 Å². The number of carbonyl (C=O) groups is 1. The van der Waals surface area contributed by atoms with Crippen molar-refractivity contribution in [2.24, 2.45) is 0 Å². The van der Waals surface area contributed by atoms with Gasteiger partial charge in [0.25, 0.3) is 5.91 Å². The molecule has 110 valence electrons. The summed E-state index contributed by atoms with van der Waals surface area (Å²) in [5.41, 5.74) is 1.98.